The van der Waals surface area contributed by atoms with E-state index in [0.29, 0.717) is 42.8 Å². The van der Waals surface area contributed by atoms with Gasteiger partial charge in [-0.3, -0.25) is 9.59 Å². The number of benzene rings is 1. The van der Waals surface area contributed by atoms with Crippen LogP contribution in [0.4, 0.5) is 4.79 Å². The fraction of sp³-hybridized carbons (Fsp3) is 0.269. The molecule has 10 nitrogen and oxygen atoms in total. The zero-order chi connectivity index (χ0) is 26.1. The third-order valence-electron chi connectivity index (χ3n) is 5.60. The van der Waals surface area contributed by atoms with Gasteiger partial charge in [0.05, 0.1) is 18.0 Å². The molecule has 1 aromatic carbocycles. The van der Waals surface area contributed by atoms with Gasteiger partial charge in [0.1, 0.15) is 18.3 Å². The Hall–Kier alpha value is -4.47. The minimum Gasteiger partial charge on any atom is -0.480 e. The van der Waals surface area contributed by atoms with Gasteiger partial charge >= 0.3 is 12.1 Å². The van der Waals surface area contributed by atoms with Crippen molar-refractivity contribution in [1.82, 2.24) is 20.2 Å². The minimum absolute atomic E-state index is 0.0879. The fourth-order valence-corrected chi connectivity index (χ4v) is 3.83. The zero-order valence-electron chi connectivity index (χ0n) is 19.7. The number of carboxylic acid groups (broad SMARTS) is 1. The van der Waals surface area contributed by atoms with Gasteiger partial charge in [-0.15, -0.1) is 0 Å². The maximum Gasteiger partial charge on any atom is 0.407 e. The molecule has 1 aromatic heterocycles. The van der Waals surface area contributed by atoms with Crippen LogP contribution < -0.4 is 10.9 Å². The Balaban J connectivity index is 1.48. The number of H-pyrrole nitrogens is 1. The third kappa shape index (κ3) is 6.56. The number of aromatic amines is 1. The van der Waals surface area contributed by atoms with Crippen molar-refractivity contribution in [2.24, 2.45) is 0 Å². The molecule has 0 radical (unpaired) electrons. The smallest absolute Gasteiger partial charge is 0.407 e. The van der Waals surface area contributed by atoms with Crippen LogP contribution in [0.1, 0.15) is 36.2 Å². The summed E-state index contributed by atoms with van der Waals surface area (Å²) in [6.07, 6.45) is 7.39. The van der Waals surface area contributed by atoms with Crippen LogP contribution in [0.2, 0.25) is 0 Å². The second-order valence-electron chi connectivity index (χ2n) is 8.01. The second kappa shape index (κ2) is 12.3. The van der Waals surface area contributed by atoms with Crippen molar-refractivity contribution in [3.63, 3.8) is 0 Å². The van der Waals surface area contributed by atoms with E-state index in [1.54, 1.807) is 18.2 Å². The van der Waals surface area contributed by atoms with Gasteiger partial charge in [0.15, 0.2) is 0 Å². The van der Waals surface area contributed by atoms with Crippen molar-refractivity contribution in [3.8, 4) is 11.3 Å². The predicted octanol–water partition coefficient (Wildman–Crippen LogP) is 2.93. The number of aliphatic carboxylic acids is 1. The summed E-state index contributed by atoms with van der Waals surface area (Å²) in [7, 11) is 0. The van der Waals surface area contributed by atoms with Gasteiger partial charge in [0.25, 0.3) is 5.56 Å². The molecule has 2 heterocycles. The number of carboxylic acids is 1. The van der Waals surface area contributed by atoms with Gasteiger partial charge in [-0.25, -0.2) is 14.6 Å². The summed E-state index contributed by atoms with van der Waals surface area (Å²) >= 11 is 0. The molecule has 3 rings (SSSR count). The lowest BCUT2D eigenvalue weighted by molar-refractivity contribution is -0.147. The number of carbonyl (C=O) groups excluding carboxylic acids is 2. The molecule has 0 aliphatic carbocycles. The number of amides is 2. The van der Waals surface area contributed by atoms with Crippen molar-refractivity contribution in [1.29, 1.82) is 0 Å². The summed E-state index contributed by atoms with van der Waals surface area (Å²) < 4.78 is 5.06. The molecule has 2 aromatic rings. The van der Waals surface area contributed by atoms with Crippen LogP contribution in [0.5, 0.6) is 0 Å². The van der Waals surface area contributed by atoms with E-state index in [0.717, 1.165) is 5.56 Å². The summed E-state index contributed by atoms with van der Waals surface area (Å²) in [6.45, 7) is 7.50. The van der Waals surface area contributed by atoms with E-state index in [4.69, 9.17) is 9.84 Å². The first kappa shape index (κ1) is 26.1. The van der Waals surface area contributed by atoms with Crippen LogP contribution in [0.3, 0.4) is 0 Å². The van der Waals surface area contributed by atoms with E-state index < -0.39 is 24.0 Å². The Labute approximate surface area is 208 Å². The molecular formula is C26H28N4O6. The van der Waals surface area contributed by atoms with Gasteiger partial charge in [0.2, 0.25) is 5.91 Å². The van der Waals surface area contributed by atoms with E-state index >= 15 is 0 Å². The van der Waals surface area contributed by atoms with E-state index in [9.17, 15) is 19.2 Å². The van der Waals surface area contributed by atoms with Gasteiger partial charge in [0, 0.05) is 12.1 Å². The number of hydrogen-bond donors (Lipinski definition) is 3. The number of nitrogens with one attached hydrogen (secondary N) is 2. The Bertz CT molecular complexity index is 1250. The Morgan fingerprint density at radius 2 is 2.08 bits per heavy atom. The van der Waals surface area contributed by atoms with E-state index in [1.807, 2.05) is 24.3 Å². The number of hydrogen-bond acceptors (Lipinski definition) is 6. The molecule has 188 valence electrons. The summed E-state index contributed by atoms with van der Waals surface area (Å²) in [5, 5.41) is 11.5. The van der Waals surface area contributed by atoms with Crippen molar-refractivity contribution in [3.05, 3.63) is 70.8 Å². The number of rotatable bonds is 10. The highest BCUT2D eigenvalue weighted by molar-refractivity contribution is 5.87. The normalized spacial score (nSPS) is 15.0. The molecule has 10 heteroatoms. The van der Waals surface area contributed by atoms with Crippen LogP contribution in [-0.2, 0) is 14.3 Å². The van der Waals surface area contributed by atoms with Crippen LogP contribution in [0, 0.1) is 0 Å². The lowest BCUT2D eigenvalue weighted by Crippen LogP contribution is -2.45. The van der Waals surface area contributed by atoms with Crippen LogP contribution in [0.25, 0.3) is 29.5 Å². The van der Waals surface area contributed by atoms with Crippen molar-refractivity contribution in [2.45, 2.75) is 25.3 Å². The molecule has 2 amide bonds. The standard InChI is InChI=1S/C26H28N4O6/c1-3-19-20(4-2)29-24(32)23(28-19)18-11-7-10-17(15-18)9-5-6-14-36-26(35)27-16-22(31)30-13-8-12-21(30)25(33)34/h3-5,7,9-11,15,21H,1-2,6,8,12-14,16H2,(H,27,35)(H,29,32)(H,33,34)/b9-5+. The Kier molecular flexibility index (Phi) is 8.93. The van der Waals surface area contributed by atoms with E-state index in [-0.39, 0.29) is 24.4 Å². The first-order chi connectivity index (χ1) is 17.3. The lowest BCUT2D eigenvalue weighted by atomic mass is 10.1. The van der Waals surface area contributed by atoms with Crippen molar-refractivity contribution < 1.29 is 24.2 Å². The first-order valence-electron chi connectivity index (χ1n) is 11.4. The first-order valence-corrected chi connectivity index (χ1v) is 11.4. The highest BCUT2D eigenvalue weighted by Crippen LogP contribution is 2.19. The predicted molar refractivity (Wildman–Crippen MR) is 136 cm³/mol. The molecule has 36 heavy (non-hydrogen) atoms. The minimum atomic E-state index is -1.05. The number of carbonyl (C=O) groups is 3. The SMILES string of the molecule is C=Cc1nc(-c2cccc(/C=C/CCOC(=O)NCC(=O)N3CCCC3C(=O)O)c2)c(=O)[nH]c1C=C. The lowest BCUT2D eigenvalue weighted by Gasteiger charge is -2.21. The maximum atomic E-state index is 12.4. The van der Waals surface area contributed by atoms with E-state index in [1.165, 1.54) is 11.0 Å². The number of likely N-dealkylation sites (tertiary alicyclic amines) is 1. The highest BCUT2D eigenvalue weighted by atomic mass is 16.5. The summed E-state index contributed by atoms with van der Waals surface area (Å²) in [5.41, 5.74) is 2.43. The molecule has 1 unspecified atom stereocenters. The largest absolute Gasteiger partial charge is 0.480 e. The van der Waals surface area contributed by atoms with Crippen molar-refractivity contribution >= 4 is 36.2 Å². The van der Waals surface area contributed by atoms with Gasteiger partial charge in [-0.1, -0.05) is 43.5 Å². The molecule has 0 bridgehead atoms. The molecule has 1 fully saturated rings. The number of nitrogens with zero attached hydrogens (tertiary/aromatic N) is 2. The summed E-state index contributed by atoms with van der Waals surface area (Å²) in [6, 6.07) is 6.43. The average molecular weight is 493 g/mol. The molecule has 1 atom stereocenters. The molecule has 1 aliphatic rings. The summed E-state index contributed by atoms with van der Waals surface area (Å²) in [4.78, 5) is 56.0. The van der Waals surface area contributed by atoms with E-state index in [2.05, 4.69) is 28.4 Å². The molecule has 1 aliphatic heterocycles. The third-order valence-corrected chi connectivity index (χ3v) is 5.60. The molecule has 3 N–H and O–H groups in total. The van der Waals surface area contributed by atoms with Gasteiger partial charge in [-0.05, 0) is 43.0 Å². The molecule has 1 saturated heterocycles. The Morgan fingerprint density at radius 3 is 2.81 bits per heavy atom. The number of ether oxygens (including phenoxy) is 1. The number of aromatic nitrogens is 2. The fourth-order valence-electron chi connectivity index (χ4n) is 3.83. The molecular weight excluding hydrogens is 464 g/mol. The van der Waals surface area contributed by atoms with Crippen LogP contribution >= 0.6 is 0 Å². The Morgan fingerprint density at radius 1 is 1.28 bits per heavy atom. The molecule has 0 spiro atoms. The summed E-state index contributed by atoms with van der Waals surface area (Å²) in [5.74, 6) is -1.50. The second-order valence-corrected chi connectivity index (χ2v) is 8.01. The highest BCUT2D eigenvalue weighted by Gasteiger charge is 2.33. The van der Waals surface area contributed by atoms with Gasteiger partial charge < -0.3 is 25.0 Å². The zero-order valence-corrected chi connectivity index (χ0v) is 19.7. The van der Waals surface area contributed by atoms with Gasteiger partial charge in [-0.2, -0.15) is 0 Å². The number of alkyl carbamates (subject to hydrolysis) is 1. The van der Waals surface area contributed by atoms with Crippen LogP contribution in [0.15, 0.2) is 48.3 Å². The average Bonchev–Trinajstić information content (AvgIpc) is 3.37. The maximum absolute atomic E-state index is 12.4. The monoisotopic (exact) mass is 492 g/mol. The topological polar surface area (TPSA) is 142 Å². The van der Waals surface area contributed by atoms with Crippen LogP contribution in [-0.4, -0.2) is 63.7 Å². The van der Waals surface area contributed by atoms with Crippen molar-refractivity contribution in [2.75, 3.05) is 19.7 Å². The quantitative estimate of drug-likeness (QED) is 0.433. The molecule has 0 saturated carbocycles.